The summed E-state index contributed by atoms with van der Waals surface area (Å²) in [6.07, 6.45) is 1.92. The van der Waals surface area contributed by atoms with Crippen LogP contribution in [0, 0.1) is 12.7 Å². The quantitative estimate of drug-likeness (QED) is 0.508. The lowest BCUT2D eigenvalue weighted by Crippen LogP contribution is -2.39. The molecule has 5 rings (SSSR count). The Morgan fingerprint density at radius 3 is 2.77 bits per heavy atom. The van der Waals surface area contributed by atoms with Crippen molar-refractivity contribution < 1.29 is 9.18 Å². The van der Waals surface area contributed by atoms with Gasteiger partial charge in [0, 0.05) is 35.8 Å². The number of aromatic nitrogens is 3. The van der Waals surface area contributed by atoms with Gasteiger partial charge >= 0.3 is 0 Å². The van der Waals surface area contributed by atoms with Crippen LogP contribution in [0.5, 0.6) is 0 Å². The molecule has 6 heteroatoms. The third-order valence-electron chi connectivity index (χ3n) is 5.88. The van der Waals surface area contributed by atoms with Crippen LogP contribution in [0.25, 0.3) is 22.3 Å². The first-order valence-electron chi connectivity index (χ1n) is 10.6. The fraction of sp³-hybridized carbons (Fsp3) is 0.240. The SMILES string of the molecule is Cc1nc2ccc(C(=O)N3CCCC(c4cccc(-c5ccc(F)cc5)n4)C3)cc2[nH]1. The van der Waals surface area contributed by atoms with E-state index >= 15 is 0 Å². The molecule has 0 saturated carbocycles. The number of pyridine rings is 1. The number of piperidine rings is 1. The molecule has 0 bridgehead atoms. The highest BCUT2D eigenvalue weighted by molar-refractivity contribution is 5.97. The third kappa shape index (κ3) is 3.93. The molecule has 1 N–H and O–H groups in total. The first kappa shape index (κ1) is 19.4. The highest BCUT2D eigenvalue weighted by Crippen LogP contribution is 2.29. The summed E-state index contributed by atoms with van der Waals surface area (Å²) in [4.78, 5) is 27.5. The monoisotopic (exact) mass is 414 g/mol. The summed E-state index contributed by atoms with van der Waals surface area (Å²) in [6.45, 7) is 3.29. The third-order valence-corrected chi connectivity index (χ3v) is 5.88. The minimum Gasteiger partial charge on any atom is -0.342 e. The summed E-state index contributed by atoms with van der Waals surface area (Å²) in [7, 11) is 0. The van der Waals surface area contributed by atoms with Crippen LogP contribution in [0.1, 0.15) is 40.6 Å². The van der Waals surface area contributed by atoms with Crippen LogP contribution in [0.3, 0.4) is 0 Å². The number of carbonyl (C=O) groups excluding carboxylic acids is 1. The summed E-state index contributed by atoms with van der Waals surface area (Å²) < 4.78 is 13.3. The molecule has 4 aromatic rings. The predicted molar refractivity (Wildman–Crippen MR) is 118 cm³/mol. The first-order chi connectivity index (χ1) is 15.1. The van der Waals surface area contributed by atoms with E-state index in [1.165, 1.54) is 12.1 Å². The summed E-state index contributed by atoms with van der Waals surface area (Å²) in [5.41, 5.74) is 5.10. The Hall–Kier alpha value is -3.54. The molecule has 5 nitrogen and oxygen atoms in total. The van der Waals surface area contributed by atoms with Gasteiger partial charge in [-0.1, -0.05) is 6.07 Å². The number of benzene rings is 2. The molecular formula is C25H23FN4O. The molecule has 1 amide bonds. The number of fused-ring (bicyclic) bond motifs is 1. The first-order valence-corrected chi connectivity index (χ1v) is 10.6. The molecule has 2 aromatic carbocycles. The van der Waals surface area contributed by atoms with Crippen LogP contribution in [0.15, 0.2) is 60.7 Å². The number of imidazole rings is 1. The molecule has 1 fully saturated rings. The van der Waals surface area contributed by atoms with Gasteiger partial charge in [0.1, 0.15) is 11.6 Å². The summed E-state index contributed by atoms with van der Waals surface area (Å²) >= 11 is 0. The van der Waals surface area contributed by atoms with E-state index < -0.39 is 0 Å². The van der Waals surface area contributed by atoms with Crippen LogP contribution in [0.2, 0.25) is 0 Å². The molecule has 0 aliphatic carbocycles. The largest absolute Gasteiger partial charge is 0.342 e. The Kier molecular flexibility index (Phi) is 4.98. The van der Waals surface area contributed by atoms with Crippen molar-refractivity contribution in [1.82, 2.24) is 19.9 Å². The Morgan fingerprint density at radius 2 is 1.94 bits per heavy atom. The highest BCUT2D eigenvalue weighted by atomic mass is 19.1. The van der Waals surface area contributed by atoms with Crippen molar-refractivity contribution >= 4 is 16.9 Å². The van der Waals surface area contributed by atoms with Gasteiger partial charge in [-0.2, -0.15) is 0 Å². The van der Waals surface area contributed by atoms with Gasteiger partial charge < -0.3 is 9.88 Å². The molecule has 0 spiro atoms. The summed E-state index contributed by atoms with van der Waals surface area (Å²) in [6, 6.07) is 17.9. The van der Waals surface area contributed by atoms with Gasteiger partial charge in [0.25, 0.3) is 5.91 Å². The van der Waals surface area contributed by atoms with Gasteiger partial charge in [0.2, 0.25) is 0 Å². The van der Waals surface area contributed by atoms with Crippen molar-refractivity contribution in [3.63, 3.8) is 0 Å². The maximum absolute atomic E-state index is 13.3. The zero-order valence-corrected chi connectivity index (χ0v) is 17.3. The van der Waals surface area contributed by atoms with Crippen LogP contribution >= 0.6 is 0 Å². The van der Waals surface area contributed by atoms with Crippen LogP contribution < -0.4 is 0 Å². The van der Waals surface area contributed by atoms with Gasteiger partial charge in [-0.05, 0) is 74.4 Å². The Balaban J connectivity index is 1.36. The van der Waals surface area contributed by atoms with E-state index in [0.29, 0.717) is 12.1 Å². The average Bonchev–Trinajstić information content (AvgIpc) is 3.18. The number of carbonyl (C=O) groups is 1. The molecule has 1 atom stereocenters. The van der Waals surface area contributed by atoms with Crippen molar-refractivity contribution in [2.45, 2.75) is 25.7 Å². The number of H-pyrrole nitrogens is 1. The van der Waals surface area contributed by atoms with E-state index in [4.69, 9.17) is 4.98 Å². The lowest BCUT2D eigenvalue weighted by molar-refractivity contribution is 0.0706. The second kappa shape index (κ2) is 7.95. The lowest BCUT2D eigenvalue weighted by Gasteiger charge is -2.32. The van der Waals surface area contributed by atoms with E-state index in [-0.39, 0.29) is 17.6 Å². The molecular weight excluding hydrogens is 391 g/mol. The highest BCUT2D eigenvalue weighted by Gasteiger charge is 2.26. The second-order valence-electron chi connectivity index (χ2n) is 8.10. The van der Waals surface area contributed by atoms with Gasteiger partial charge in [0.05, 0.1) is 16.7 Å². The average molecular weight is 414 g/mol. The Bertz CT molecular complexity index is 1250. The number of nitrogens with zero attached hydrogens (tertiary/aromatic N) is 3. The molecule has 0 radical (unpaired) electrons. The minimum absolute atomic E-state index is 0.0357. The summed E-state index contributed by atoms with van der Waals surface area (Å²) in [5, 5.41) is 0. The normalized spacial score (nSPS) is 16.6. The maximum atomic E-state index is 13.3. The number of aryl methyl sites for hydroxylation is 1. The number of rotatable bonds is 3. The van der Waals surface area contributed by atoms with E-state index in [1.54, 1.807) is 12.1 Å². The van der Waals surface area contributed by atoms with Gasteiger partial charge in [-0.25, -0.2) is 9.37 Å². The number of hydrogen-bond acceptors (Lipinski definition) is 3. The zero-order chi connectivity index (χ0) is 21.4. The number of nitrogens with one attached hydrogen (secondary N) is 1. The van der Waals surface area contributed by atoms with E-state index in [0.717, 1.165) is 53.2 Å². The smallest absolute Gasteiger partial charge is 0.253 e. The topological polar surface area (TPSA) is 61.9 Å². The molecule has 1 saturated heterocycles. The van der Waals surface area contributed by atoms with Crippen LogP contribution in [-0.2, 0) is 0 Å². The molecule has 1 unspecified atom stereocenters. The molecule has 3 heterocycles. The maximum Gasteiger partial charge on any atom is 0.253 e. The Morgan fingerprint density at radius 1 is 1.10 bits per heavy atom. The van der Waals surface area contributed by atoms with Crippen molar-refractivity contribution in [2.24, 2.45) is 0 Å². The summed E-state index contributed by atoms with van der Waals surface area (Å²) in [5.74, 6) is 0.791. The predicted octanol–water partition coefficient (Wildman–Crippen LogP) is 5.09. The van der Waals surface area contributed by atoms with Crippen molar-refractivity contribution in [3.8, 4) is 11.3 Å². The van der Waals surface area contributed by atoms with Crippen molar-refractivity contribution in [2.75, 3.05) is 13.1 Å². The van der Waals surface area contributed by atoms with Gasteiger partial charge in [-0.3, -0.25) is 9.78 Å². The van der Waals surface area contributed by atoms with Crippen LogP contribution in [-0.4, -0.2) is 38.8 Å². The molecule has 1 aliphatic heterocycles. The molecule has 156 valence electrons. The van der Waals surface area contributed by atoms with Crippen LogP contribution in [0.4, 0.5) is 4.39 Å². The fourth-order valence-corrected chi connectivity index (χ4v) is 4.32. The number of hydrogen-bond donors (Lipinski definition) is 1. The van der Waals surface area contributed by atoms with Crippen molar-refractivity contribution in [3.05, 3.63) is 83.6 Å². The molecule has 2 aromatic heterocycles. The van der Waals surface area contributed by atoms with E-state index in [2.05, 4.69) is 9.97 Å². The fourth-order valence-electron chi connectivity index (χ4n) is 4.32. The number of halogens is 1. The zero-order valence-electron chi connectivity index (χ0n) is 17.3. The lowest BCUT2D eigenvalue weighted by atomic mass is 9.93. The van der Waals surface area contributed by atoms with Gasteiger partial charge in [0.15, 0.2) is 0 Å². The van der Waals surface area contributed by atoms with Crippen molar-refractivity contribution in [1.29, 1.82) is 0 Å². The number of amides is 1. The standard InChI is InChI=1S/C25H23FN4O/c1-16-27-23-12-9-18(14-24(23)28-16)25(31)30-13-3-4-19(15-30)22-6-2-5-21(29-22)17-7-10-20(26)11-8-17/h2,5-12,14,19H,3-4,13,15H2,1H3,(H,27,28). The molecule has 31 heavy (non-hydrogen) atoms. The minimum atomic E-state index is -0.259. The van der Waals surface area contributed by atoms with Gasteiger partial charge in [-0.15, -0.1) is 0 Å². The van der Waals surface area contributed by atoms with E-state index in [1.807, 2.05) is 48.2 Å². The number of aromatic amines is 1. The van der Waals surface area contributed by atoms with E-state index in [9.17, 15) is 9.18 Å². The Labute approximate surface area is 180 Å². The molecule has 1 aliphatic rings. The number of likely N-dealkylation sites (tertiary alicyclic amines) is 1. The second-order valence-corrected chi connectivity index (χ2v) is 8.10.